The smallest absolute Gasteiger partial charge is 0.258 e. The molecule has 156 valence electrons. The number of hydrogen-bond acceptors (Lipinski definition) is 4. The van der Waals surface area contributed by atoms with Gasteiger partial charge in [-0.1, -0.05) is 36.2 Å². The van der Waals surface area contributed by atoms with E-state index in [1.165, 1.54) is 11.0 Å². The summed E-state index contributed by atoms with van der Waals surface area (Å²) < 4.78 is 0. The number of benzene rings is 2. The first-order valence-electron chi connectivity index (χ1n) is 9.37. The number of fused-ring (bicyclic) bond motifs is 1. The van der Waals surface area contributed by atoms with Gasteiger partial charge in [0.25, 0.3) is 11.5 Å². The number of halogens is 2. The largest absolute Gasteiger partial charge is 0.343 e. The van der Waals surface area contributed by atoms with E-state index in [9.17, 15) is 14.4 Å². The van der Waals surface area contributed by atoms with E-state index in [2.05, 4.69) is 15.3 Å². The Hall–Kier alpha value is -2.90. The summed E-state index contributed by atoms with van der Waals surface area (Å²) in [5, 5.41) is 3.93. The minimum atomic E-state index is -0.394. The zero-order chi connectivity index (χ0) is 21.7. The van der Waals surface area contributed by atoms with Crippen molar-refractivity contribution in [2.45, 2.75) is 19.9 Å². The Morgan fingerprint density at radius 2 is 1.90 bits per heavy atom. The molecule has 0 bridgehead atoms. The Bertz CT molecular complexity index is 1150. The van der Waals surface area contributed by atoms with E-state index < -0.39 is 5.91 Å². The Labute approximate surface area is 183 Å². The Kier molecular flexibility index (Phi) is 7.07. The predicted octanol–water partition coefficient (Wildman–Crippen LogP) is 3.40. The highest BCUT2D eigenvalue weighted by Crippen LogP contribution is 2.15. The molecule has 1 aromatic heterocycles. The van der Waals surface area contributed by atoms with Gasteiger partial charge in [0.1, 0.15) is 5.82 Å². The lowest BCUT2D eigenvalue weighted by atomic mass is 10.2. The minimum absolute atomic E-state index is 0.109. The van der Waals surface area contributed by atoms with Crippen LogP contribution < -0.4 is 10.9 Å². The number of H-pyrrole nitrogens is 1. The maximum Gasteiger partial charge on any atom is 0.258 e. The first-order chi connectivity index (χ1) is 14.4. The topological polar surface area (TPSA) is 95.2 Å². The Morgan fingerprint density at radius 3 is 2.63 bits per heavy atom. The fourth-order valence-corrected chi connectivity index (χ4v) is 3.33. The molecular formula is C21H20Cl2N4O3. The number of hydrogen-bond donors (Lipinski definition) is 2. The Morgan fingerprint density at radius 1 is 1.13 bits per heavy atom. The quantitative estimate of drug-likeness (QED) is 0.581. The van der Waals surface area contributed by atoms with Crippen molar-refractivity contribution in [3.8, 4) is 0 Å². The van der Waals surface area contributed by atoms with E-state index in [1.807, 2.05) is 6.92 Å². The molecule has 0 saturated carbocycles. The number of rotatable bonds is 7. The molecule has 9 heteroatoms. The molecule has 3 rings (SSSR count). The van der Waals surface area contributed by atoms with Crippen LogP contribution in [0.2, 0.25) is 10.0 Å². The average Bonchev–Trinajstić information content (AvgIpc) is 2.71. The highest BCUT2D eigenvalue weighted by Gasteiger charge is 2.17. The summed E-state index contributed by atoms with van der Waals surface area (Å²) in [7, 11) is 0. The standard InChI is InChI=1S/C21H20Cl2N4O3/c1-2-8-27(19(28)11-24-20(29)13-4-3-5-14(22)9-13)12-18-25-17-10-15(23)6-7-16(17)21(30)26-18/h3-7,9-10H,2,8,11-12H2,1H3,(H,24,29)(H,25,26,30). The van der Waals surface area contributed by atoms with Crippen LogP contribution in [-0.2, 0) is 11.3 Å². The maximum absolute atomic E-state index is 12.7. The molecule has 2 aromatic carbocycles. The van der Waals surface area contributed by atoms with Gasteiger partial charge in [-0.15, -0.1) is 0 Å². The van der Waals surface area contributed by atoms with Crippen molar-refractivity contribution in [1.82, 2.24) is 20.2 Å². The number of amides is 2. The van der Waals surface area contributed by atoms with Gasteiger partial charge in [0, 0.05) is 22.2 Å². The van der Waals surface area contributed by atoms with Crippen LogP contribution in [0.5, 0.6) is 0 Å². The molecule has 30 heavy (non-hydrogen) atoms. The van der Waals surface area contributed by atoms with E-state index in [-0.39, 0.29) is 24.6 Å². The molecule has 2 N–H and O–H groups in total. The fourth-order valence-electron chi connectivity index (χ4n) is 2.98. The van der Waals surface area contributed by atoms with Crippen LogP contribution in [0.25, 0.3) is 10.9 Å². The SMILES string of the molecule is CCCN(Cc1nc2cc(Cl)ccc2c(=O)[nH]1)C(=O)CNC(=O)c1cccc(Cl)c1. The number of aromatic nitrogens is 2. The second-order valence-corrected chi connectivity index (χ2v) is 7.56. The lowest BCUT2D eigenvalue weighted by Crippen LogP contribution is -2.40. The van der Waals surface area contributed by atoms with Crippen molar-refractivity contribution in [3.05, 3.63) is 74.3 Å². The molecule has 0 atom stereocenters. The number of nitrogens with one attached hydrogen (secondary N) is 2. The number of carbonyl (C=O) groups is 2. The highest BCUT2D eigenvalue weighted by atomic mass is 35.5. The molecule has 7 nitrogen and oxygen atoms in total. The van der Waals surface area contributed by atoms with Crippen molar-refractivity contribution in [1.29, 1.82) is 0 Å². The molecule has 0 aliphatic rings. The van der Waals surface area contributed by atoms with Crippen LogP contribution in [0.4, 0.5) is 0 Å². The van der Waals surface area contributed by atoms with Gasteiger partial charge in [0.05, 0.1) is 24.0 Å². The van der Waals surface area contributed by atoms with E-state index in [0.717, 1.165) is 0 Å². The molecule has 3 aromatic rings. The minimum Gasteiger partial charge on any atom is -0.343 e. The van der Waals surface area contributed by atoms with E-state index in [0.29, 0.717) is 45.3 Å². The Balaban J connectivity index is 1.72. The maximum atomic E-state index is 12.7. The van der Waals surface area contributed by atoms with Gasteiger partial charge in [-0.05, 0) is 42.8 Å². The second kappa shape index (κ2) is 9.73. The van der Waals surface area contributed by atoms with Gasteiger partial charge in [0.2, 0.25) is 5.91 Å². The molecule has 0 aliphatic carbocycles. The molecule has 0 radical (unpaired) electrons. The highest BCUT2D eigenvalue weighted by molar-refractivity contribution is 6.31. The summed E-state index contributed by atoms with van der Waals surface area (Å²) in [5.74, 6) is -0.340. The molecule has 0 spiro atoms. The lowest BCUT2D eigenvalue weighted by Gasteiger charge is -2.22. The summed E-state index contributed by atoms with van der Waals surface area (Å²) >= 11 is 11.9. The van der Waals surface area contributed by atoms with Crippen LogP contribution in [0.3, 0.4) is 0 Å². The van der Waals surface area contributed by atoms with Crippen LogP contribution in [0.15, 0.2) is 47.3 Å². The van der Waals surface area contributed by atoms with Crippen molar-refractivity contribution < 1.29 is 9.59 Å². The normalized spacial score (nSPS) is 10.8. The fraction of sp³-hybridized carbons (Fsp3) is 0.238. The third-order valence-corrected chi connectivity index (χ3v) is 4.86. The monoisotopic (exact) mass is 446 g/mol. The molecular weight excluding hydrogens is 427 g/mol. The van der Waals surface area contributed by atoms with E-state index >= 15 is 0 Å². The zero-order valence-corrected chi connectivity index (χ0v) is 17.8. The summed E-state index contributed by atoms with van der Waals surface area (Å²) in [6, 6.07) is 11.3. The molecule has 0 unspecified atom stereocenters. The number of carbonyl (C=O) groups excluding carboxylic acids is 2. The van der Waals surface area contributed by atoms with Gasteiger partial charge in [-0.3, -0.25) is 14.4 Å². The van der Waals surface area contributed by atoms with Gasteiger partial charge < -0.3 is 15.2 Å². The summed E-state index contributed by atoms with van der Waals surface area (Å²) in [4.78, 5) is 45.9. The van der Waals surface area contributed by atoms with E-state index in [1.54, 1.807) is 36.4 Å². The predicted molar refractivity (Wildman–Crippen MR) is 117 cm³/mol. The summed E-state index contributed by atoms with van der Waals surface area (Å²) in [5.41, 5.74) is 0.527. The van der Waals surface area contributed by atoms with Crippen LogP contribution >= 0.6 is 23.2 Å². The van der Waals surface area contributed by atoms with Crippen molar-refractivity contribution in [2.75, 3.05) is 13.1 Å². The van der Waals surface area contributed by atoms with Crippen LogP contribution in [0, 0.1) is 0 Å². The van der Waals surface area contributed by atoms with Crippen molar-refractivity contribution in [3.63, 3.8) is 0 Å². The molecule has 0 fully saturated rings. The van der Waals surface area contributed by atoms with Gasteiger partial charge in [-0.2, -0.15) is 0 Å². The third-order valence-electron chi connectivity index (χ3n) is 4.39. The zero-order valence-electron chi connectivity index (χ0n) is 16.2. The summed E-state index contributed by atoms with van der Waals surface area (Å²) in [6.45, 7) is 2.30. The molecule has 1 heterocycles. The molecule has 0 aliphatic heterocycles. The number of nitrogens with zero attached hydrogens (tertiary/aromatic N) is 2. The van der Waals surface area contributed by atoms with Gasteiger partial charge in [-0.25, -0.2) is 4.98 Å². The van der Waals surface area contributed by atoms with Gasteiger partial charge in [0.15, 0.2) is 0 Å². The average molecular weight is 447 g/mol. The second-order valence-electron chi connectivity index (χ2n) is 6.68. The third kappa shape index (κ3) is 5.37. The van der Waals surface area contributed by atoms with Gasteiger partial charge >= 0.3 is 0 Å². The van der Waals surface area contributed by atoms with Crippen LogP contribution in [-0.4, -0.2) is 39.8 Å². The van der Waals surface area contributed by atoms with Crippen LogP contribution in [0.1, 0.15) is 29.5 Å². The molecule has 0 saturated heterocycles. The van der Waals surface area contributed by atoms with Crippen molar-refractivity contribution in [2.24, 2.45) is 0 Å². The molecule has 2 amide bonds. The lowest BCUT2D eigenvalue weighted by molar-refractivity contribution is -0.130. The summed E-state index contributed by atoms with van der Waals surface area (Å²) in [6.07, 6.45) is 0.706. The van der Waals surface area contributed by atoms with E-state index in [4.69, 9.17) is 23.2 Å². The first-order valence-corrected chi connectivity index (χ1v) is 10.1. The first kappa shape index (κ1) is 21.8. The number of aromatic amines is 1. The van der Waals surface area contributed by atoms with Crippen molar-refractivity contribution >= 4 is 45.9 Å².